The van der Waals surface area contributed by atoms with E-state index in [2.05, 4.69) is 178 Å². The molecule has 0 bridgehead atoms. The van der Waals surface area contributed by atoms with E-state index in [0.717, 1.165) is 22.6 Å². The summed E-state index contributed by atoms with van der Waals surface area (Å²) in [6, 6.07) is 11.3. The summed E-state index contributed by atoms with van der Waals surface area (Å²) in [6.45, 7) is 55.3. The maximum Gasteiger partial charge on any atom is 0.232 e. The fourth-order valence-electron chi connectivity index (χ4n) is 5.19. The zero-order valence-electron chi connectivity index (χ0n) is 43.8. The Kier molecular flexibility index (Phi) is 21.6. The molecule has 0 radical (unpaired) electrons. The Morgan fingerprint density at radius 1 is 0.508 bits per heavy atom. The molecule has 0 aliphatic carbocycles. The van der Waals surface area contributed by atoms with Gasteiger partial charge in [0.15, 0.2) is 0 Å². The van der Waals surface area contributed by atoms with Crippen LogP contribution in [0.1, 0.15) is 220 Å². The van der Waals surface area contributed by atoms with Crippen LogP contribution < -0.4 is 0 Å². The van der Waals surface area contributed by atoms with Gasteiger partial charge in [-0.3, -0.25) is 14.6 Å². The first kappa shape index (κ1) is 56.7. The highest BCUT2D eigenvalue weighted by molar-refractivity contribution is 5.60. The quantitative estimate of drug-likeness (QED) is 0.177. The zero-order valence-corrected chi connectivity index (χ0v) is 43.8. The number of hydrogen-bond donors (Lipinski definition) is 0. The average Bonchev–Trinajstić information content (AvgIpc) is 3.87. The Hall–Kier alpha value is -4.27. The molecule has 9 heteroatoms. The molecule has 0 atom stereocenters. The molecule has 1 aromatic carbocycles. The molecule has 0 unspecified atom stereocenters. The fourth-order valence-corrected chi connectivity index (χ4v) is 5.19. The Bertz CT molecular complexity index is 1920. The minimum atomic E-state index is -0.163. The van der Waals surface area contributed by atoms with Crippen LogP contribution in [-0.2, 0) is 32.5 Å². The molecule has 9 nitrogen and oxygen atoms in total. The SMILES string of the molecule is CC.CC.CC.CC(C)(C)c1cccc(-c2cncc(C(C)(C)C)n2)c1.CC(C)(C)c1cnc(-c2noc(C(C)(C)C)n2)cn1.CC(C)n1nc(C(C)(C)C)cc1C(C)(C)C. The van der Waals surface area contributed by atoms with Crippen LogP contribution in [0.4, 0.5) is 0 Å². The van der Waals surface area contributed by atoms with E-state index in [9.17, 15) is 0 Å². The molecule has 0 saturated heterocycles. The molecule has 0 N–H and O–H groups in total. The van der Waals surface area contributed by atoms with Gasteiger partial charge in [-0.15, -0.1) is 0 Å². The molecule has 0 saturated carbocycles. The second kappa shape index (κ2) is 23.3. The molecule has 5 aromatic rings. The molecule has 4 aromatic heterocycles. The van der Waals surface area contributed by atoms with E-state index in [1.807, 2.05) is 74.7 Å². The lowest BCUT2D eigenvalue weighted by Crippen LogP contribution is -2.19. The predicted molar refractivity (Wildman–Crippen MR) is 262 cm³/mol. The molecule has 342 valence electrons. The third-order valence-electron chi connectivity index (χ3n) is 8.91. The van der Waals surface area contributed by atoms with E-state index in [0.29, 0.717) is 23.5 Å². The van der Waals surface area contributed by atoms with E-state index in [4.69, 9.17) is 14.6 Å². The van der Waals surface area contributed by atoms with E-state index >= 15 is 0 Å². The van der Waals surface area contributed by atoms with Gasteiger partial charge in [0.05, 0.1) is 35.2 Å². The first-order valence-corrected chi connectivity index (χ1v) is 22.6. The Morgan fingerprint density at radius 3 is 1.44 bits per heavy atom. The van der Waals surface area contributed by atoms with Crippen molar-refractivity contribution in [1.29, 1.82) is 0 Å². The second-order valence-electron chi connectivity index (χ2n) is 21.0. The maximum absolute atomic E-state index is 5.25. The Labute approximate surface area is 373 Å². The number of nitrogens with zero attached hydrogens (tertiary/aromatic N) is 8. The van der Waals surface area contributed by atoms with Crippen molar-refractivity contribution in [3.8, 4) is 22.8 Å². The number of aromatic nitrogens is 8. The third kappa shape index (κ3) is 17.9. The molecule has 0 aliphatic heterocycles. The summed E-state index contributed by atoms with van der Waals surface area (Å²) >= 11 is 0. The summed E-state index contributed by atoms with van der Waals surface area (Å²) in [5.41, 5.74) is 8.77. The van der Waals surface area contributed by atoms with Crippen molar-refractivity contribution in [3.63, 3.8) is 0 Å². The van der Waals surface area contributed by atoms with E-state index in [1.54, 1.807) is 12.4 Å². The van der Waals surface area contributed by atoms with Crippen LogP contribution in [0.15, 0.2) is 59.6 Å². The van der Waals surface area contributed by atoms with Crippen molar-refractivity contribution >= 4 is 0 Å². The van der Waals surface area contributed by atoms with Gasteiger partial charge in [0.2, 0.25) is 11.7 Å². The molecule has 4 heterocycles. The number of benzene rings is 1. The lowest BCUT2D eigenvalue weighted by atomic mass is 9.86. The van der Waals surface area contributed by atoms with E-state index < -0.39 is 0 Å². The minimum Gasteiger partial charge on any atom is -0.338 e. The van der Waals surface area contributed by atoms with Crippen LogP contribution in [0.5, 0.6) is 0 Å². The average molecular weight is 841 g/mol. The van der Waals surface area contributed by atoms with Gasteiger partial charge in [0.25, 0.3) is 0 Å². The third-order valence-corrected chi connectivity index (χ3v) is 8.91. The normalized spacial score (nSPS) is 11.9. The van der Waals surface area contributed by atoms with Crippen LogP contribution in [0, 0.1) is 0 Å². The van der Waals surface area contributed by atoms with Crippen LogP contribution >= 0.6 is 0 Å². The van der Waals surface area contributed by atoms with Crippen molar-refractivity contribution in [3.05, 3.63) is 89.3 Å². The van der Waals surface area contributed by atoms with Crippen LogP contribution in [0.3, 0.4) is 0 Å². The molecule has 0 aliphatic rings. The smallest absolute Gasteiger partial charge is 0.232 e. The zero-order chi connectivity index (χ0) is 47.9. The summed E-state index contributed by atoms with van der Waals surface area (Å²) in [5, 5.41) is 8.72. The maximum atomic E-state index is 5.25. The number of rotatable bonds is 3. The summed E-state index contributed by atoms with van der Waals surface area (Å²) in [5.74, 6) is 1.09. The van der Waals surface area contributed by atoms with Crippen molar-refractivity contribution in [2.75, 3.05) is 0 Å². The molecule has 0 amide bonds. The van der Waals surface area contributed by atoms with Gasteiger partial charge in [-0.2, -0.15) is 10.1 Å². The molecule has 61 heavy (non-hydrogen) atoms. The van der Waals surface area contributed by atoms with Crippen molar-refractivity contribution in [2.24, 2.45) is 0 Å². The summed E-state index contributed by atoms with van der Waals surface area (Å²) < 4.78 is 7.42. The van der Waals surface area contributed by atoms with Crippen LogP contribution in [0.25, 0.3) is 22.8 Å². The Balaban J connectivity index is 0.000000837. The van der Waals surface area contributed by atoms with Crippen molar-refractivity contribution < 1.29 is 4.52 Å². The van der Waals surface area contributed by atoms with Gasteiger partial charge in [0, 0.05) is 56.8 Å². The lowest BCUT2D eigenvalue weighted by molar-refractivity contribution is 0.321. The lowest BCUT2D eigenvalue weighted by Gasteiger charge is -2.22. The highest BCUT2D eigenvalue weighted by Crippen LogP contribution is 2.31. The largest absolute Gasteiger partial charge is 0.338 e. The molecule has 0 fully saturated rings. The summed E-state index contributed by atoms with van der Waals surface area (Å²) in [4.78, 5) is 22.3. The van der Waals surface area contributed by atoms with Gasteiger partial charge in [-0.25, -0.2) is 9.97 Å². The van der Waals surface area contributed by atoms with Crippen LogP contribution in [-0.4, -0.2) is 39.9 Å². The van der Waals surface area contributed by atoms with Crippen molar-refractivity contribution in [2.45, 2.75) is 219 Å². The minimum absolute atomic E-state index is 0.0145. The molecular weight excluding hydrogens is 753 g/mol. The van der Waals surface area contributed by atoms with Crippen LogP contribution in [0.2, 0.25) is 0 Å². The second-order valence-corrected chi connectivity index (χ2v) is 21.0. The molecule has 5 rings (SSSR count). The molecular formula is C52H88N8O. The van der Waals surface area contributed by atoms with Crippen molar-refractivity contribution in [1.82, 2.24) is 39.9 Å². The number of hydrogen-bond acceptors (Lipinski definition) is 8. The highest BCUT2D eigenvalue weighted by atomic mass is 16.5. The predicted octanol–water partition coefficient (Wildman–Crippen LogP) is 15.0. The standard InChI is InChI=1S/C18H24N2.C14H20N4O.C14H26N2.3C2H6/c1-17(2,3)14-9-7-8-13(10-14)15-11-19-12-16(20-15)18(4,5)6;1-13(2,3)10-8-15-9(7-16-10)11-17-12(19-18-11)14(4,5)6;1-10(2)16-12(14(6,7)8)9-11(15-16)13(3,4)5;3*1-2/h7-12H,1-6H3;7-8H,1-6H3;9-10H,1-8H3;3*1-2H3. The van der Waals surface area contributed by atoms with E-state index in [1.165, 1.54) is 17.0 Å². The topological polar surface area (TPSA) is 108 Å². The van der Waals surface area contributed by atoms with E-state index in [-0.39, 0.29) is 32.5 Å². The summed E-state index contributed by atoms with van der Waals surface area (Å²) in [6.07, 6.45) is 7.16. The summed E-state index contributed by atoms with van der Waals surface area (Å²) in [7, 11) is 0. The molecule has 0 spiro atoms. The first-order valence-electron chi connectivity index (χ1n) is 22.6. The van der Waals surface area contributed by atoms with Gasteiger partial charge in [-0.1, -0.05) is 190 Å². The Morgan fingerprint density at radius 2 is 1.05 bits per heavy atom. The van der Waals surface area contributed by atoms with Gasteiger partial charge in [-0.05, 0) is 37.0 Å². The monoisotopic (exact) mass is 841 g/mol. The van der Waals surface area contributed by atoms with Gasteiger partial charge < -0.3 is 4.52 Å². The first-order chi connectivity index (χ1) is 27.9. The fraction of sp³-hybridized carbons (Fsp3) is 0.635. The van der Waals surface area contributed by atoms with Gasteiger partial charge >= 0.3 is 0 Å². The highest BCUT2D eigenvalue weighted by Gasteiger charge is 2.27. The van der Waals surface area contributed by atoms with Gasteiger partial charge in [0.1, 0.15) is 5.69 Å².